The Bertz CT molecular complexity index is 3400. The smallest absolute Gasteiger partial charge is 0.0619 e. The summed E-state index contributed by atoms with van der Waals surface area (Å²) in [5.41, 5.74) is 22.5. The van der Waals surface area contributed by atoms with E-state index in [0.717, 1.165) is 17.1 Å². The van der Waals surface area contributed by atoms with Crippen LogP contribution in [0.3, 0.4) is 0 Å². The van der Waals surface area contributed by atoms with Crippen LogP contribution in [0.4, 0.5) is 17.1 Å². The van der Waals surface area contributed by atoms with E-state index in [-0.39, 0.29) is 10.8 Å². The average Bonchev–Trinajstić information content (AvgIpc) is 3.87. The SMILES string of the molecule is CC1(C)c2ccccc2-c2c(N(c3ccc(-c4cccc5c6ccccc6n(-c6ccccc6)c45)cc3)c3cccc(-c4cccc5c4C(C)(C)c4ccccc4-5)c3)cccc21. The molecule has 0 saturated heterocycles. The van der Waals surface area contributed by atoms with E-state index in [9.17, 15) is 0 Å². The molecule has 0 N–H and O–H groups in total. The lowest BCUT2D eigenvalue weighted by Gasteiger charge is -2.30. The van der Waals surface area contributed by atoms with Crippen molar-refractivity contribution in [1.29, 1.82) is 0 Å². The molecule has 10 aromatic rings. The van der Waals surface area contributed by atoms with Crippen LogP contribution in [0.2, 0.25) is 0 Å². The average molecular weight is 795 g/mol. The summed E-state index contributed by atoms with van der Waals surface area (Å²) in [6, 6.07) is 76.5. The molecule has 62 heavy (non-hydrogen) atoms. The van der Waals surface area contributed by atoms with Gasteiger partial charge in [-0.3, -0.25) is 0 Å². The Morgan fingerprint density at radius 2 is 0.984 bits per heavy atom. The number of hydrogen-bond donors (Lipinski definition) is 0. The normalized spacial score (nSPS) is 14.1. The monoisotopic (exact) mass is 794 g/mol. The Morgan fingerprint density at radius 1 is 0.387 bits per heavy atom. The van der Waals surface area contributed by atoms with Crippen molar-refractivity contribution < 1.29 is 0 Å². The zero-order valence-corrected chi connectivity index (χ0v) is 35.5. The van der Waals surface area contributed by atoms with Crippen molar-refractivity contribution in [2.75, 3.05) is 4.90 Å². The summed E-state index contributed by atoms with van der Waals surface area (Å²) in [4.78, 5) is 2.49. The number of rotatable bonds is 6. The summed E-state index contributed by atoms with van der Waals surface area (Å²) in [6.07, 6.45) is 0. The van der Waals surface area contributed by atoms with Crippen LogP contribution in [-0.4, -0.2) is 4.57 Å². The van der Waals surface area contributed by atoms with E-state index in [1.807, 2.05) is 0 Å². The molecule has 0 spiro atoms. The minimum absolute atomic E-state index is 0.125. The van der Waals surface area contributed by atoms with Crippen molar-refractivity contribution in [3.63, 3.8) is 0 Å². The molecular weight excluding hydrogens is 749 g/mol. The third-order valence-corrected chi connectivity index (χ3v) is 14.0. The first-order valence-corrected chi connectivity index (χ1v) is 21.9. The van der Waals surface area contributed by atoms with Crippen LogP contribution >= 0.6 is 0 Å². The quantitative estimate of drug-likeness (QED) is 0.163. The molecule has 2 aliphatic carbocycles. The van der Waals surface area contributed by atoms with Crippen LogP contribution in [0.25, 0.3) is 72.0 Å². The fraction of sp³-hybridized carbons (Fsp3) is 0.100. The first kappa shape index (κ1) is 36.4. The summed E-state index contributed by atoms with van der Waals surface area (Å²) in [5.74, 6) is 0. The summed E-state index contributed by atoms with van der Waals surface area (Å²) in [5, 5.41) is 2.51. The molecule has 2 aliphatic rings. The second-order valence-corrected chi connectivity index (χ2v) is 18.1. The zero-order chi connectivity index (χ0) is 41.7. The molecule has 296 valence electrons. The molecule has 12 rings (SSSR count). The van der Waals surface area contributed by atoms with Gasteiger partial charge in [0.05, 0.1) is 16.7 Å². The molecule has 0 saturated carbocycles. The largest absolute Gasteiger partial charge is 0.310 e. The predicted molar refractivity (Wildman–Crippen MR) is 261 cm³/mol. The van der Waals surface area contributed by atoms with E-state index < -0.39 is 0 Å². The van der Waals surface area contributed by atoms with E-state index in [1.165, 1.54) is 94.3 Å². The maximum atomic E-state index is 2.49. The predicted octanol–water partition coefficient (Wildman–Crippen LogP) is 16.2. The van der Waals surface area contributed by atoms with Crippen LogP contribution in [0.5, 0.6) is 0 Å². The van der Waals surface area contributed by atoms with E-state index in [0.29, 0.717) is 0 Å². The van der Waals surface area contributed by atoms with Crippen molar-refractivity contribution in [3.05, 3.63) is 229 Å². The summed E-state index contributed by atoms with van der Waals surface area (Å²) < 4.78 is 2.43. The van der Waals surface area contributed by atoms with E-state index in [2.05, 4.69) is 243 Å². The Kier molecular flexibility index (Phi) is 7.96. The third kappa shape index (κ3) is 5.23. The number of anilines is 3. The van der Waals surface area contributed by atoms with E-state index >= 15 is 0 Å². The van der Waals surface area contributed by atoms with Crippen molar-refractivity contribution in [2.45, 2.75) is 38.5 Å². The van der Waals surface area contributed by atoms with Crippen LogP contribution in [-0.2, 0) is 10.8 Å². The van der Waals surface area contributed by atoms with Crippen LogP contribution in [0.1, 0.15) is 49.9 Å². The highest BCUT2D eigenvalue weighted by Gasteiger charge is 2.39. The lowest BCUT2D eigenvalue weighted by Crippen LogP contribution is -2.16. The number of benzene rings is 9. The number of nitrogens with zero attached hydrogens (tertiary/aromatic N) is 2. The lowest BCUT2D eigenvalue weighted by atomic mass is 9.79. The van der Waals surface area contributed by atoms with Crippen molar-refractivity contribution in [3.8, 4) is 50.2 Å². The van der Waals surface area contributed by atoms with E-state index in [1.54, 1.807) is 0 Å². The molecule has 0 bridgehead atoms. The molecule has 0 fully saturated rings. The molecule has 2 nitrogen and oxygen atoms in total. The summed E-state index contributed by atoms with van der Waals surface area (Å²) in [7, 11) is 0. The summed E-state index contributed by atoms with van der Waals surface area (Å²) in [6.45, 7) is 9.50. The van der Waals surface area contributed by atoms with E-state index in [4.69, 9.17) is 0 Å². The van der Waals surface area contributed by atoms with Gasteiger partial charge >= 0.3 is 0 Å². The fourth-order valence-corrected chi connectivity index (χ4v) is 11.1. The second kappa shape index (κ2) is 13.5. The van der Waals surface area contributed by atoms with Gasteiger partial charge in [0.2, 0.25) is 0 Å². The number of hydrogen-bond acceptors (Lipinski definition) is 1. The molecule has 9 aromatic carbocycles. The standard InChI is InChI=1S/C60H46N2/c1-59(2)52-30-12-9-24-50(52)56-53(59)31-17-33-55(56)61(43-21-14-18-40(38-43)44-25-15-27-48-46-22-8-11-29-51(46)60(3,4)57(44)48)42-36-34-39(35-37-42)45-26-16-28-49-47-23-10-13-32-54(47)62(58(45)49)41-19-6-5-7-20-41/h5-38H,1-4H3. The van der Waals surface area contributed by atoms with Gasteiger partial charge in [0.15, 0.2) is 0 Å². The minimum Gasteiger partial charge on any atom is -0.310 e. The molecule has 0 radical (unpaired) electrons. The van der Waals surface area contributed by atoms with Crippen LogP contribution in [0, 0.1) is 0 Å². The number of aromatic nitrogens is 1. The van der Waals surface area contributed by atoms with Gasteiger partial charge < -0.3 is 9.47 Å². The van der Waals surface area contributed by atoms with Gasteiger partial charge in [0.25, 0.3) is 0 Å². The van der Waals surface area contributed by atoms with Crippen molar-refractivity contribution in [1.82, 2.24) is 4.57 Å². The Morgan fingerprint density at radius 3 is 1.81 bits per heavy atom. The lowest BCUT2D eigenvalue weighted by molar-refractivity contribution is 0.660. The second-order valence-electron chi connectivity index (χ2n) is 18.1. The van der Waals surface area contributed by atoms with Crippen LogP contribution < -0.4 is 4.90 Å². The van der Waals surface area contributed by atoms with Gasteiger partial charge in [0.1, 0.15) is 0 Å². The molecule has 0 atom stereocenters. The highest BCUT2D eigenvalue weighted by Crippen LogP contribution is 2.56. The van der Waals surface area contributed by atoms with Gasteiger partial charge in [-0.2, -0.15) is 0 Å². The topological polar surface area (TPSA) is 8.17 Å². The minimum atomic E-state index is -0.126. The first-order valence-electron chi connectivity index (χ1n) is 21.9. The molecule has 0 amide bonds. The Balaban J connectivity index is 1.05. The Labute approximate surface area is 364 Å². The fourth-order valence-electron chi connectivity index (χ4n) is 11.1. The molecule has 1 heterocycles. The number of para-hydroxylation sites is 3. The number of fused-ring (bicyclic) bond motifs is 9. The summed E-state index contributed by atoms with van der Waals surface area (Å²) >= 11 is 0. The van der Waals surface area contributed by atoms with Crippen molar-refractivity contribution in [2.24, 2.45) is 0 Å². The zero-order valence-electron chi connectivity index (χ0n) is 35.5. The maximum absolute atomic E-state index is 2.49. The first-order chi connectivity index (χ1) is 30.3. The van der Waals surface area contributed by atoms with Gasteiger partial charge in [-0.15, -0.1) is 0 Å². The van der Waals surface area contributed by atoms with Gasteiger partial charge in [-0.1, -0.05) is 185 Å². The third-order valence-electron chi connectivity index (χ3n) is 14.0. The van der Waals surface area contributed by atoms with Crippen molar-refractivity contribution >= 4 is 38.9 Å². The van der Waals surface area contributed by atoms with Crippen LogP contribution in [0.15, 0.2) is 206 Å². The highest BCUT2D eigenvalue weighted by molar-refractivity contribution is 6.14. The molecular formula is C60H46N2. The molecule has 0 unspecified atom stereocenters. The molecule has 0 aliphatic heterocycles. The Hall–Kier alpha value is -7.42. The van der Waals surface area contributed by atoms with Gasteiger partial charge in [0, 0.05) is 49.8 Å². The van der Waals surface area contributed by atoms with Gasteiger partial charge in [-0.25, -0.2) is 0 Å². The maximum Gasteiger partial charge on any atom is 0.0619 e. The highest BCUT2D eigenvalue weighted by atomic mass is 15.1. The molecule has 1 aromatic heterocycles. The molecule has 2 heteroatoms. The van der Waals surface area contributed by atoms with Gasteiger partial charge in [-0.05, 0) is 104 Å².